The highest BCUT2D eigenvalue weighted by atomic mass is 16.5. The first kappa shape index (κ1) is 14.0. The number of carbonyl (C=O) groups excluding carboxylic acids is 1. The molecule has 0 aliphatic heterocycles. The summed E-state index contributed by atoms with van der Waals surface area (Å²) in [6.45, 7) is 9.19. The third-order valence-electron chi connectivity index (χ3n) is 6.31. The molecule has 0 saturated heterocycles. The van der Waals surface area contributed by atoms with Crippen molar-refractivity contribution in [2.75, 3.05) is 0 Å². The maximum atomic E-state index is 12.8. The van der Waals surface area contributed by atoms with E-state index in [1.54, 1.807) is 0 Å². The summed E-state index contributed by atoms with van der Waals surface area (Å²) in [7, 11) is 0. The van der Waals surface area contributed by atoms with Crippen LogP contribution in [0.3, 0.4) is 0 Å². The first-order chi connectivity index (χ1) is 10.4. The maximum Gasteiger partial charge on any atom is 0.230 e. The molecular weight excluding hydrogens is 276 g/mol. The second-order valence-corrected chi connectivity index (χ2v) is 7.90. The number of amides is 1. The molecule has 4 heteroatoms. The van der Waals surface area contributed by atoms with E-state index in [9.17, 15) is 4.79 Å². The molecule has 1 aromatic rings. The summed E-state index contributed by atoms with van der Waals surface area (Å²) < 4.78 is 5.34. The zero-order valence-corrected chi connectivity index (χ0v) is 13.4. The highest BCUT2D eigenvalue weighted by molar-refractivity contribution is 5.87. The van der Waals surface area contributed by atoms with Gasteiger partial charge in [-0.2, -0.15) is 0 Å². The summed E-state index contributed by atoms with van der Waals surface area (Å²) in [5.41, 5.74) is 1.68. The van der Waals surface area contributed by atoms with E-state index in [1.807, 2.05) is 6.07 Å². The molecule has 3 saturated carbocycles. The van der Waals surface area contributed by atoms with Crippen LogP contribution in [0.1, 0.15) is 63.3 Å². The third kappa shape index (κ3) is 1.89. The number of nitrogens with zero attached hydrogens (tertiary/aromatic N) is 1. The van der Waals surface area contributed by atoms with Crippen molar-refractivity contribution in [3.05, 3.63) is 29.7 Å². The lowest BCUT2D eigenvalue weighted by Crippen LogP contribution is -2.41. The highest BCUT2D eigenvalue weighted by Crippen LogP contribution is 2.65. The van der Waals surface area contributed by atoms with Crippen LogP contribution >= 0.6 is 0 Å². The van der Waals surface area contributed by atoms with E-state index in [1.165, 1.54) is 12.8 Å². The van der Waals surface area contributed by atoms with E-state index < -0.39 is 0 Å². The van der Waals surface area contributed by atoms with Crippen molar-refractivity contribution in [1.29, 1.82) is 0 Å². The quantitative estimate of drug-likeness (QED) is 0.865. The van der Waals surface area contributed by atoms with Gasteiger partial charge in [0.25, 0.3) is 0 Å². The van der Waals surface area contributed by atoms with Crippen LogP contribution in [0.4, 0.5) is 0 Å². The zero-order chi connectivity index (χ0) is 15.5. The van der Waals surface area contributed by atoms with Gasteiger partial charge in [-0.3, -0.25) is 4.79 Å². The molecule has 118 valence electrons. The average molecular weight is 300 g/mol. The Morgan fingerprint density at radius 2 is 2.23 bits per heavy atom. The van der Waals surface area contributed by atoms with E-state index in [0.29, 0.717) is 18.4 Å². The monoisotopic (exact) mass is 300 g/mol. The number of carbonyl (C=O) groups is 1. The van der Waals surface area contributed by atoms with Crippen LogP contribution in [0.5, 0.6) is 0 Å². The molecule has 3 aliphatic carbocycles. The fraction of sp³-hybridized carbons (Fsp3) is 0.667. The summed E-state index contributed by atoms with van der Waals surface area (Å²) in [6.07, 6.45) is 5.42. The Balaban J connectivity index is 1.44. The van der Waals surface area contributed by atoms with Crippen molar-refractivity contribution in [3.8, 4) is 0 Å². The molecule has 1 amide bonds. The lowest BCUT2D eigenvalue weighted by Gasteiger charge is -2.37. The topological polar surface area (TPSA) is 55.1 Å². The molecule has 0 radical (unpaired) electrons. The number of aromatic nitrogens is 1. The molecule has 0 spiro atoms. The van der Waals surface area contributed by atoms with Crippen LogP contribution in [0.25, 0.3) is 0 Å². The summed E-state index contributed by atoms with van der Waals surface area (Å²) in [5, 5.41) is 7.15. The van der Waals surface area contributed by atoms with E-state index >= 15 is 0 Å². The van der Waals surface area contributed by atoms with Crippen molar-refractivity contribution < 1.29 is 9.32 Å². The van der Waals surface area contributed by atoms with E-state index in [0.717, 1.165) is 36.3 Å². The molecule has 22 heavy (non-hydrogen) atoms. The summed E-state index contributed by atoms with van der Waals surface area (Å²) >= 11 is 0. The van der Waals surface area contributed by atoms with Crippen LogP contribution in [0.2, 0.25) is 0 Å². The van der Waals surface area contributed by atoms with Gasteiger partial charge in [-0.15, -0.1) is 0 Å². The first-order valence-electron chi connectivity index (χ1n) is 8.37. The van der Waals surface area contributed by atoms with Crippen molar-refractivity contribution in [2.45, 2.75) is 58.4 Å². The normalized spacial score (nSPS) is 32.5. The van der Waals surface area contributed by atoms with Gasteiger partial charge in [0.2, 0.25) is 5.91 Å². The Morgan fingerprint density at radius 3 is 2.86 bits per heavy atom. The summed E-state index contributed by atoms with van der Waals surface area (Å²) in [4.78, 5) is 12.8. The van der Waals surface area contributed by atoms with Crippen LogP contribution in [0, 0.1) is 16.7 Å². The summed E-state index contributed by atoms with van der Waals surface area (Å²) in [6, 6.07) is 1.99. The lowest BCUT2D eigenvalue weighted by atomic mass is 9.68. The summed E-state index contributed by atoms with van der Waals surface area (Å²) in [5.74, 6) is 2.25. The highest BCUT2D eigenvalue weighted by Gasteiger charge is 2.60. The third-order valence-corrected chi connectivity index (χ3v) is 6.31. The van der Waals surface area contributed by atoms with Crippen LogP contribution in [0.15, 0.2) is 22.7 Å². The van der Waals surface area contributed by atoms with Crippen LogP contribution in [-0.4, -0.2) is 11.1 Å². The van der Waals surface area contributed by atoms with Gasteiger partial charge >= 0.3 is 0 Å². The lowest BCUT2D eigenvalue weighted by molar-refractivity contribution is -0.129. The Hall–Kier alpha value is -1.58. The Labute approximate surface area is 131 Å². The fourth-order valence-corrected chi connectivity index (χ4v) is 4.45. The second-order valence-electron chi connectivity index (χ2n) is 7.90. The molecule has 3 fully saturated rings. The molecule has 0 unspecified atom stereocenters. The number of hydrogen-bond acceptors (Lipinski definition) is 3. The van der Waals surface area contributed by atoms with Gasteiger partial charge < -0.3 is 9.84 Å². The SMILES string of the molecule is C=C1C(C)(C)[C@H]2CC[C@]1(C(=O)NCc1cc(C3CC3)on1)C2. The molecule has 3 aliphatic rings. The van der Waals surface area contributed by atoms with Crippen molar-refractivity contribution in [1.82, 2.24) is 10.5 Å². The van der Waals surface area contributed by atoms with Gasteiger partial charge in [-0.05, 0) is 43.4 Å². The van der Waals surface area contributed by atoms with Gasteiger partial charge in [-0.1, -0.05) is 31.2 Å². The van der Waals surface area contributed by atoms with Crippen molar-refractivity contribution in [3.63, 3.8) is 0 Å². The molecule has 1 N–H and O–H groups in total. The fourth-order valence-electron chi connectivity index (χ4n) is 4.45. The van der Waals surface area contributed by atoms with E-state index in [2.05, 4.69) is 30.9 Å². The number of rotatable bonds is 4. The van der Waals surface area contributed by atoms with Crippen LogP contribution < -0.4 is 5.32 Å². The zero-order valence-electron chi connectivity index (χ0n) is 13.4. The minimum atomic E-state index is -0.350. The number of hydrogen-bond donors (Lipinski definition) is 1. The second kappa shape index (κ2) is 4.46. The molecule has 2 bridgehead atoms. The molecule has 4 nitrogen and oxygen atoms in total. The van der Waals surface area contributed by atoms with Gasteiger partial charge in [0.15, 0.2) is 0 Å². The first-order valence-corrected chi connectivity index (χ1v) is 8.37. The van der Waals surface area contributed by atoms with Crippen LogP contribution in [-0.2, 0) is 11.3 Å². The maximum absolute atomic E-state index is 12.8. The number of nitrogens with one attached hydrogen (secondary N) is 1. The van der Waals surface area contributed by atoms with Crippen molar-refractivity contribution in [2.24, 2.45) is 16.7 Å². The largest absolute Gasteiger partial charge is 0.361 e. The molecule has 4 rings (SSSR count). The molecule has 1 aromatic heterocycles. The molecule has 0 aromatic carbocycles. The smallest absolute Gasteiger partial charge is 0.230 e. The Kier molecular flexibility index (Phi) is 2.85. The van der Waals surface area contributed by atoms with Gasteiger partial charge in [-0.25, -0.2) is 0 Å². The minimum Gasteiger partial charge on any atom is -0.361 e. The van der Waals surface area contributed by atoms with E-state index in [4.69, 9.17) is 4.52 Å². The van der Waals surface area contributed by atoms with Gasteiger partial charge in [0.1, 0.15) is 11.5 Å². The standard InChI is InChI=1S/C18H24N2O2/c1-11-17(2,3)13-6-7-18(11,9-13)16(21)19-10-14-8-15(22-20-14)12-4-5-12/h8,12-13H,1,4-7,9-10H2,2-3H3,(H,19,21)/t13-,18-/m0/s1. The van der Waals surface area contributed by atoms with Gasteiger partial charge in [0.05, 0.1) is 12.0 Å². The van der Waals surface area contributed by atoms with E-state index in [-0.39, 0.29) is 16.7 Å². The molecule has 1 heterocycles. The van der Waals surface area contributed by atoms with Crippen molar-refractivity contribution >= 4 is 5.91 Å². The Morgan fingerprint density at radius 1 is 1.45 bits per heavy atom. The molecule has 2 atom stereocenters. The predicted octanol–water partition coefficient (Wildman–Crippen LogP) is 3.55. The predicted molar refractivity (Wildman–Crippen MR) is 83.0 cm³/mol. The molecular formula is C18H24N2O2. The Bertz CT molecular complexity index is 641. The van der Waals surface area contributed by atoms with Gasteiger partial charge in [0, 0.05) is 12.0 Å². The average Bonchev–Trinajstić information content (AvgIpc) is 2.99. The number of fused-ring (bicyclic) bond motifs is 2. The minimum absolute atomic E-state index is 0.0859.